The van der Waals surface area contributed by atoms with Crippen LogP contribution in [-0.2, 0) is 16.6 Å². The average Bonchev–Trinajstić information content (AvgIpc) is 2.55. The summed E-state index contributed by atoms with van der Waals surface area (Å²) in [7, 11) is -3.87. The number of carbonyl (C=O) groups is 1. The third kappa shape index (κ3) is 4.00. The molecular weight excluding hydrogens is 328 g/mol. The highest BCUT2D eigenvalue weighted by molar-refractivity contribution is 7.89. The Hall–Kier alpha value is -2.22. The number of benzene rings is 2. The van der Waals surface area contributed by atoms with E-state index >= 15 is 0 Å². The second kappa shape index (κ2) is 7.57. The topological polar surface area (TPSA) is 101 Å². The van der Waals surface area contributed by atoms with Crippen LogP contribution in [0, 0.1) is 6.92 Å². The molecule has 0 aromatic heterocycles. The zero-order valence-corrected chi connectivity index (χ0v) is 14.2. The summed E-state index contributed by atoms with van der Waals surface area (Å²) in [6, 6.07) is 13.4. The van der Waals surface area contributed by atoms with Crippen LogP contribution in [0.4, 0.5) is 0 Å². The van der Waals surface area contributed by atoms with Crippen LogP contribution in [0.25, 0.3) is 0 Å². The fraction of sp³-hybridized carbons (Fsp3) is 0.235. The summed E-state index contributed by atoms with van der Waals surface area (Å²) < 4.78 is 26.9. The van der Waals surface area contributed by atoms with Gasteiger partial charge in [-0.2, -0.15) is 4.31 Å². The first kappa shape index (κ1) is 18.1. The third-order valence-electron chi connectivity index (χ3n) is 3.66. The lowest BCUT2D eigenvalue weighted by atomic mass is 10.1. The van der Waals surface area contributed by atoms with Gasteiger partial charge in [0.05, 0.1) is 11.5 Å². The van der Waals surface area contributed by atoms with E-state index in [1.165, 1.54) is 16.4 Å². The fourth-order valence-electron chi connectivity index (χ4n) is 2.36. The third-order valence-corrected chi connectivity index (χ3v) is 5.50. The van der Waals surface area contributed by atoms with Crippen molar-refractivity contribution in [3.63, 3.8) is 0 Å². The number of hydrogen-bond acceptors (Lipinski definition) is 4. The van der Waals surface area contributed by atoms with Gasteiger partial charge < -0.3 is 10.8 Å². The highest BCUT2D eigenvalue weighted by Crippen LogP contribution is 2.21. The second-order valence-electron chi connectivity index (χ2n) is 5.39. The second-order valence-corrected chi connectivity index (χ2v) is 7.33. The lowest BCUT2D eigenvalue weighted by molar-refractivity contribution is 0.0999. The molecule has 0 spiro atoms. The minimum atomic E-state index is -3.87. The van der Waals surface area contributed by atoms with E-state index in [0.717, 1.165) is 5.56 Å². The van der Waals surface area contributed by atoms with E-state index in [2.05, 4.69) is 0 Å². The van der Waals surface area contributed by atoms with E-state index in [1.807, 2.05) is 30.3 Å². The number of amides is 1. The van der Waals surface area contributed by atoms with Crippen molar-refractivity contribution in [2.45, 2.75) is 18.4 Å². The van der Waals surface area contributed by atoms with Crippen LogP contribution in [0.1, 0.15) is 21.5 Å². The molecular formula is C17H20N2O4S. The summed E-state index contributed by atoms with van der Waals surface area (Å²) in [6.45, 7) is 1.47. The maximum atomic E-state index is 12.9. The van der Waals surface area contributed by atoms with Crippen LogP contribution in [-0.4, -0.2) is 36.9 Å². The number of rotatable bonds is 7. The Bertz CT molecular complexity index is 820. The van der Waals surface area contributed by atoms with E-state index < -0.39 is 15.9 Å². The molecule has 0 aliphatic rings. The molecule has 128 valence electrons. The zero-order valence-electron chi connectivity index (χ0n) is 13.3. The molecule has 0 heterocycles. The zero-order chi connectivity index (χ0) is 17.7. The molecule has 0 atom stereocenters. The standard InChI is InChI=1S/C17H20N2O4S/c1-13-7-8-15(11-16(13)17(18)21)24(22,23)19(9-10-20)12-14-5-3-2-4-6-14/h2-8,11,20H,9-10,12H2,1H3,(H2,18,21). The molecule has 24 heavy (non-hydrogen) atoms. The molecule has 7 heteroatoms. The molecule has 2 aromatic rings. The number of carbonyl (C=O) groups excluding carboxylic acids is 1. The van der Waals surface area contributed by atoms with E-state index in [0.29, 0.717) is 5.56 Å². The van der Waals surface area contributed by atoms with Gasteiger partial charge in [-0.25, -0.2) is 8.42 Å². The first-order valence-electron chi connectivity index (χ1n) is 7.41. The number of nitrogens with zero attached hydrogens (tertiary/aromatic N) is 1. The largest absolute Gasteiger partial charge is 0.395 e. The smallest absolute Gasteiger partial charge is 0.249 e. The maximum absolute atomic E-state index is 12.9. The van der Waals surface area contributed by atoms with Gasteiger partial charge in [-0.3, -0.25) is 4.79 Å². The molecule has 0 aliphatic heterocycles. The first-order chi connectivity index (χ1) is 11.4. The molecule has 1 amide bonds. The Labute approximate surface area is 141 Å². The molecule has 0 saturated heterocycles. The van der Waals surface area contributed by atoms with E-state index in [9.17, 15) is 18.3 Å². The Morgan fingerprint density at radius 3 is 2.42 bits per heavy atom. The Kier molecular flexibility index (Phi) is 5.71. The van der Waals surface area contributed by atoms with Crippen molar-refractivity contribution in [2.75, 3.05) is 13.2 Å². The molecule has 0 fully saturated rings. The predicted molar refractivity (Wildman–Crippen MR) is 90.8 cm³/mol. The SMILES string of the molecule is Cc1ccc(S(=O)(=O)N(CCO)Cc2ccccc2)cc1C(N)=O. The molecule has 2 rings (SSSR count). The summed E-state index contributed by atoms with van der Waals surface area (Å²) in [5.41, 5.74) is 6.88. The van der Waals surface area contributed by atoms with Crippen LogP contribution in [0.2, 0.25) is 0 Å². The van der Waals surface area contributed by atoms with Crippen molar-refractivity contribution in [2.24, 2.45) is 5.73 Å². The number of aliphatic hydroxyl groups excluding tert-OH is 1. The number of aryl methyl sites for hydroxylation is 1. The molecule has 0 saturated carbocycles. The number of nitrogens with two attached hydrogens (primary N) is 1. The molecule has 6 nitrogen and oxygen atoms in total. The van der Waals surface area contributed by atoms with Crippen molar-refractivity contribution >= 4 is 15.9 Å². The summed E-state index contributed by atoms with van der Waals surface area (Å²) >= 11 is 0. The lowest BCUT2D eigenvalue weighted by Gasteiger charge is -2.22. The first-order valence-corrected chi connectivity index (χ1v) is 8.85. The summed E-state index contributed by atoms with van der Waals surface area (Å²) in [6.07, 6.45) is 0. The summed E-state index contributed by atoms with van der Waals surface area (Å²) in [5, 5.41) is 9.23. The highest BCUT2D eigenvalue weighted by Gasteiger charge is 2.25. The van der Waals surface area contributed by atoms with Crippen molar-refractivity contribution in [1.82, 2.24) is 4.31 Å². The van der Waals surface area contributed by atoms with Gasteiger partial charge in [0.1, 0.15) is 0 Å². The minimum Gasteiger partial charge on any atom is -0.395 e. The normalized spacial score (nSPS) is 11.6. The van der Waals surface area contributed by atoms with Gasteiger partial charge in [-0.15, -0.1) is 0 Å². The van der Waals surface area contributed by atoms with Gasteiger partial charge in [0.2, 0.25) is 15.9 Å². The molecule has 0 aliphatic carbocycles. The molecule has 0 radical (unpaired) electrons. The summed E-state index contributed by atoms with van der Waals surface area (Å²) in [5.74, 6) is -0.679. The monoisotopic (exact) mass is 348 g/mol. The fourth-order valence-corrected chi connectivity index (χ4v) is 3.80. The van der Waals surface area contributed by atoms with Crippen molar-refractivity contribution < 1.29 is 18.3 Å². The van der Waals surface area contributed by atoms with Crippen LogP contribution in [0.3, 0.4) is 0 Å². The average molecular weight is 348 g/mol. The number of aliphatic hydroxyl groups is 1. The predicted octanol–water partition coefficient (Wildman–Crippen LogP) is 1.28. The number of hydrogen-bond donors (Lipinski definition) is 2. The molecule has 0 bridgehead atoms. The molecule has 0 unspecified atom stereocenters. The molecule has 3 N–H and O–H groups in total. The van der Waals surface area contributed by atoms with Gasteiger partial charge in [0.25, 0.3) is 0 Å². The van der Waals surface area contributed by atoms with Gasteiger partial charge >= 0.3 is 0 Å². The number of sulfonamides is 1. The van der Waals surface area contributed by atoms with E-state index in [-0.39, 0.29) is 30.2 Å². The van der Waals surface area contributed by atoms with Gasteiger partial charge in [0.15, 0.2) is 0 Å². The van der Waals surface area contributed by atoms with Crippen molar-refractivity contribution in [3.05, 3.63) is 65.2 Å². The highest BCUT2D eigenvalue weighted by atomic mass is 32.2. The molecule has 2 aromatic carbocycles. The van der Waals surface area contributed by atoms with E-state index in [1.54, 1.807) is 13.0 Å². The van der Waals surface area contributed by atoms with Crippen LogP contribution in [0.5, 0.6) is 0 Å². The van der Waals surface area contributed by atoms with Crippen LogP contribution >= 0.6 is 0 Å². The minimum absolute atomic E-state index is 0.0220. The Morgan fingerprint density at radius 2 is 1.83 bits per heavy atom. The lowest BCUT2D eigenvalue weighted by Crippen LogP contribution is -2.33. The van der Waals surface area contributed by atoms with Crippen molar-refractivity contribution in [1.29, 1.82) is 0 Å². The Balaban J connectivity index is 2.41. The van der Waals surface area contributed by atoms with Crippen molar-refractivity contribution in [3.8, 4) is 0 Å². The quantitative estimate of drug-likeness (QED) is 0.787. The van der Waals surface area contributed by atoms with E-state index in [4.69, 9.17) is 5.73 Å². The number of primary amides is 1. The van der Waals surface area contributed by atoms with Gasteiger partial charge in [-0.1, -0.05) is 36.4 Å². The van der Waals surface area contributed by atoms with Crippen LogP contribution in [0.15, 0.2) is 53.4 Å². The Morgan fingerprint density at radius 1 is 1.17 bits per heavy atom. The van der Waals surface area contributed by atoms with Gasteiger partial charge in [0, 0.05) is 18.7 Å². The summed E-state index contributed by atoms with van der Waals surface area (Å²) in [4.78, 5) is 11.4. The van der Waals surface area contributed by atoms with Crippen LogP contribution < -0.4 is 5.73 Å². The maximum Gasteiger partial charge on any atom is 0.249 e. The van der Waals surface area contributed by atoms with Gasteiger partial charge in [-0.05, 0) is 30.2 Å².